The van der Waals surface area contributed by atoms with Gasteiger partial charge in [-0.1, -0.05) is 0 Å². The van der Waals surface area contributed by atoms with E-state index in [-0.39, 0.29) is 31.6 Å². The number of phosphoric ester groups is 1. The van der Waals surface area contributed by atoms with Crippen molar-refractivity contribution in [2.75, 3.05) is 6.61 Å². The molecule has 0 amide bonds. The quantitative estimate of drug-likeness (QED) is 0.199. The van der Waals surface area contributed by atoms with Gasteiger partial charge in [0.25, 0.3) is 0 Å². The van der Waals surface area contributed by atoms with Crippen LogP contribution in [0, 0.1) is 0 Å². The van der Waals surface area contributed by atoms with Crippen LogP contribution in [-0.4, -0.2) is 87.3 Å². The van der Waals surface area contributed by atoms with Gasteiger partial charge in [0.05, 0.1) is 0 Å². The van der Waals surface area contributed by atoms with Crippen molar-refractivity contribution in [3.63, 3.8) is 0 Å². The molecule has 0 aliphatic heterocycles. The van der Waals surface area contributed by atoms with E-state index in [1.165, 1.54) is 0 Å². The minimum Gasteiger partial charge on any atom is -0.189 e. The molecule has 0 aliphatic carbocycles. The van der Waals surface area contributed by atoms with E-state index in [1.54, 1.807) is 0 Å². The van der Waals surface area contributed by atoms with E-state index >= 15 is 0 Å². The van der Waals surface area contributed by atoms with Gasteiger partial charge in [-0.05, 0) is 0 Å². The summed E-state index contributed by atoms with van der Waals surface area (Å²) in [4.78, 5) is 8.69. The maximum atomic E-state index is 13.4. The fourth-order valence-corrected chi connectivity index (χ4v) is 3.00. The van der Waals surface area contributed by atoms with Gasteiger partial charge < -0.3 is 0 Å². The molecule has 0 rings (SSSR count). The second-order valence-corrected chi connectivity index (χ2v) is 8.23. The molecule has 0 saturated carbocycles. The Hall–Kier alpha value is -0.0800. The van der Waals surface area contributed by atoms with E-state index < -0.39 is 62.2 Å². The van der Waals surface area contributed by atoms with Crippen molar-refractivity contribution in [1.29, 1.82) is 0 Å². The van der Waals surface area contributed by atoms with Gasteiger partial charge in [0, 0.05) is 0 Å². The van der Waals surface area contributed by atoms with Crippen LogP contribution in [-0.2, 0) is 13.6 Å². The Morgan fingerprint density at radius 3 is 1.21 bits per heavy atom. The summed E-state index contributed by atoms with van der Waals surface area (Å²) in [5.74, 6) is -51.4. The number of phosphoric acid groups is 1. The van der Waals surface area contributed by atoms with Gasteiger partial charge in [0.1, 0.15) is 0 Å². The van der Waals surface area contributed by atoms with Crippen LogP contribution in [0.1, 0.15) is 0 Å². The van der Waals surface area contributed by atoms with Crippen molar-refractivity contribution < 1.29 is 93.1 Å². The third-order valence-corrected chi connectivity index (χ3v) is 4.76. The Bertz CT molecular complexity index is 751. The van der Waals surface area contributed by atoms with E-state index in [0.717, 1.165) is 0 Å². The molecule has 0 heterocycles. The molecule has 0 saturated heterocycles. The number of hydrogen-bond donors (Lipinski definition) is 1. The molecule has 0 fully saturated rings. The summed E-state index contributed by atoms with van der Waals surface area (Å²) in [6.07, 6.45) is -15.3. The van der Waals surface area contributed by atoms with Crippen molar-refractivity contribution in [1.82, 2.24) is 0 Å². The minimum atomic E-state index is -8.80. The first kappa shape index (κ1) is 32.9. The van der Waals surface area contributed by atoms with Crippen LogP contribution in [0.4, 0.5) is 74.6 Å². The van der Waals surface area contributed by atoms with Crippen molar-refractivity contribution in [3.05, 3.63) is 0 Å². The first-order valence-electron chi connectivity index (χ1n) is 7.41. The zero-order valence-corrected chi connectivity index (χ0v) is 17.9. The van der Waals surface area contributed by atoms with E-state index in [9.17, 15) is 79.2 Å². The number of hydrogen-bond acceptors (Lipinski definition) is 3. The summed E-state index contributed by atoms with van der Waals surface area (Å²) in [7, 11) is -6.56. The Morgan fingerprint density at radius 1 is 0.606 bits per heavy atom. The molecule has 33 heavy (non-hydrogen) atoms. The Balaban J connectivity index is 6.62. The van der Waals surface area contributed by atoms with Gasteiger partial charge in [-0.3, -0.25) is 0 Å². The average Bonchev–Trinajstić information content (AvgIpc) is 2.57. The van der Waals surface area contributed by atoms with Crippen LogP contribution in [0.5, 0.6) is 0 Å². The van der Waals surface area contributed by atoms with Crippen molar-refractivity contribution in [2.45, 2.75) is 51.5 Å². The molecule has 1 N–H and O–H groups in total. The third kappa shape index (κ3) is 5.23. The summed E-state index contributed by atoms with van der Waals surface area (Å²) < 4.78 is 237. The Labute approximate surface area is 187 Å². The second kappa shape index (κ2) is 9.10. The Morgan fingerprint density at radius 2 is 0.909 bits per heavy atom. The smallest absolute Gasteiger partial charge is 0.189 e. The molecule has 0 bridgehead atoms. The fourth-order valence-electron chi connectivity index (χ4n) is 1.58. The molecule has 194 valence electrons. The predicted molar refractivity (Wildman–Crippen MR) is 68.1 cm³/mol. The monoisotopic (exact) mass is 566 g/mol. The molecule has 0 radical (unpaired) electrons. The second-order valence-electron chi connectivity index (χ2n) is 5.85. The van der Waals surface area contributed by atoms with Crippen molar-refractivity contribution in [3.8, 4) is 0 Å². The fraction of sp³-hybridized carbons (Fsp3) is 1.00. The average molecular weight is 566 g/mol. The van der Waals surface area contributed by atoms with Crippen LogP contribution in [0.25, 0.3) is 0 Å². The van der Waals surface area contributed by atoms with Gasteiger partial charge in [0.15, 0.2) is 0 Å². The number of alkyl halides is 17. The zero-order valence-electron chi connectivity index (χ0n) is 15.0. The molecule has 0 aromatic carbocycles. The molecule has 4 nitrogen and oxygen atoms in total. The molecular weight excluding hydrogens is 561 g/mol. The van der Waals surface area contributed by atoms with Gasteiger partial charge in [-0.15, -0.1) is 0 Å². The summed E-state index contributed by atoms with van der Waals surface area (Å²) in [6.45, 7) is -1.06. The number of rotatable bonds is 11. The molecule has 1 unspecified atom stereocenters. The standard InChI is InChI=1S/C10H5F17O4P.Na/c1-2-30-32(28,29)31-10(26,27)8(21,22)6(17,18)4(13,14)3(11,12)5(15,16)7(19,20)9(23,24)25;/h1-2H2,(H,28,29);. The summed E-state index contributed by atoms with van der Waals surface area (Å²) in [6, 6.07) is 0. The van der Waals surface area contributed by atoms with Crippen molar-refractivity contribution in [2.24, 2.45) is 0 Å². The molecular formula is C10H5F17NaO4P. The van der Waals surface area contributed by atoms with E-state index in [0.29, 0.717) is 0 Å². The summed E-state index contributed by atoms with van der Waals surface area (Å²) in [5, 5.41) is 0. The van der Waals surface area contributed by atoms with E-state index in [1.807, 2.05) is 0 Å². The van der Waals surface area contributed by atoms with Crippen LogP contribution >= 0.6 is 7.82 Å². The molecule has 23 heteroatoms. The zero-order chi connectivity index (χ0) is 27.3. The van der Waals surface area contributed by atoms with Gasteiger partial charge in [-0.2, -0.15) is 22.0 Å². The van der Waals surface area contributed by atoms with Crippen molar-refractivity contribution >= 4 is 35.8 Å². The minimum absolute atomic E-state index is 0.0708. The van der Waals surface area contributed by atoms with Gasteiger partial charge in [-0.25, -0.2) is 0 Å². The maximum absolute atomic E-state index is 13.4. The SMILES string of the molecule is O=P(O)(OC[CH2][Na])OC(F)(F)C(F)(F)C(F)(F)C(F)(F)C(F)(F)C(F)(F)C(F)(F)C(F)(F)F. The van der Waals surface area contributed by atoms with Crippen LogP contribution < -0.4 is 0 Å². The number of halogens is 17. The normalized spacial score (nSPS) is 17.8. The van der Waals surface area contributed by atoms with Crippen LogP contribution in [0.2, 0.25) is 3.67 Å². The third-order valence-electron chi connectivity index (χ3n) is 3.38. The van der Waals surface area contributed by atoms with E-state index in [4.69, 9.17) is 4.89 Å². The summed E-state index contributed by atoms with van der Waals surface area (Å²) >= 11 is 0.0708. The molecule has 0 aromatic heterocycles. The van der Waals surface area contributed by atoms with Gasteiger partial charge in [0.2, 0.25) is 0 Å². The topological polar surface area (TPSA) is 55.8 Å². The predicted octanol–water partition coefficient (Wildman–Crippen LogP) is 5.67. The van der Waals surface area contributed by atoms with E-state index in [2.05, 4.69) is 9.05 Å². The Kier molecular flexibility index (Phi) is 9.07. The molecule has 0 spiro atoms. The molecule has 0 aromatic rings. The summed E-state index contributed by atoms with van der Waals surface area (Å²) in [5.41, 5.74) is 0. The van der Waals surface area contributed by atoms with Crippen LogP contribution in [0.15, 0.2) is 0 Å². The first-order valence-corrected chi connectivity index (χ1v) is 10.3. The molecule has 1 atom stereocenters. The van der Waals surface area contributed by atoms with Gasteiger partial charge >= 0.3 is 165 Å². The molecule has 0 aliphatic rings. The first-order chi connectivity index (χ1) is 14.0. The van der Waals surface area contributed by atoms with Crippen LogP contribution in [0.3, 0.4) is 0 Å².